The van der Waals surface area contributed by atoms with Crippen molar-refractivity contribution in [2.75, 3.05) is 0 Å². The predicted molar refractivity (Wildman–Crippen MR) is 57.0 cm³/mol. The zero-order chi connectivity index (χ0) is 10.4. The summed E-state index contributed by atoms with van der Waals surface area (Å²) >= 11 is 0. The Morgan fingerprint density at radius 1 is 1.57 bits per heavy atom. The van der Waals surface area contributed by atoms with Crippen molar-refractivity contribution in [2.24, 2.45) is 16.8 Å². The molecule has 14 heavy (non-hydrogen) atoms. The van der Waals surface area contributed by atoms with Gasteiger partial charge < -0.3 is 5.73 Å². The van der Waals surface area contributed by atoms with Crippen molar-refractivity contribution in [2.45, 2.75) is 45.4 Å². The van der Waals surface area contributed by atoms with E-state index in [1.54, 1.807) is 0 Å². The number of nitrogens with two attached hydrogens (primary N) is 1. The van der Waals surface area contributed by atoms with Crippen LogP contribution in [0.4, 0.5) is 4.79 Å². The Kier molecular flexibility index (Phi) is 4.43. The third-order valence-corrected chi connectivity index (χ3v) is 2.82. The average Bonchev–Trinajstić information content (AvgIpc) is 2.39. The molecule has 1 saturated carbocycles. The summed E-state index contributed by atoms with van der Waals surface area (Å²) in [6, 6.07) is -0.575. The fraction of sp³-hybridized carbons (Fsp3) is 0.800. The molecule has 2 amide bonds. The monoisotopic (exact) mass is 197 g/mol. The second-order valence-corrected chi connectivity index (χ2v) is 3.86. The first-order chi connectivity index (χ1) is 6.72. The molecule has 4 heteroatoms. The van der Waals surface area contributed by atoms with Crippen LogP contribution in [0.25, 0.3) is 0 Å². The molecule has 0 heterocycles. The minimum atomic E-state index is -0.575. The molecule has 1 fully saturated rings. The highest BCUT2D eigenvalue weighted by Crippen LogP contribution is 2.23. The molecule has 0 aliphatic heterocycles. The Morgan fingerprint density at radius 2 is 2.36 bits per heavy atom. The summed E-state index contributed by atoms with van der Waals surface area (Å²) < 4.78 is 0. The van der Waals surface area contributed by atoms with E-state index in [4.69, 9.17) is 5.73 Å². The molecule has 0 aromatic heterocycles. The van der Waals surface area contributed by atoms with Gasteiger partial charge in [-0.15, -0.1) is 0 Å². The van der Waals surface area contributed by atoms with Crippen molar-refractivity contribution in [1.82, 2.24) is 5.43 Å². The molecule has 80 valence electrons. The van der Waals surface area contributed by atoms with Gasteiger partial charge in [0.1, 0.15) is 0 Å². The van der Waals surface area contributed by atoms with E-state index in [0.29, 0.717) is 0 Å². The number of hydrogen-bond donors (Lipinski definition) is 2. The maximum absolute atomic E-state index is 10.5. The lowest BCUT2D eigenvalue weighted by molar-refractivity contribution is 0.249. The maximum Gasteiger partial charge on any atom is 0.332 e. The molecule has 1 rings (SSSR count). The van der Waals surface area contributed by atoms with Gasteiger partial charge in [0.05, 0.1) is 0 Å². The van der Waals surface area contributed by atoms with Gasteiger partial charge in [-0.2, -0.15) is 5.10 Å². The quantitative estimate of drug-likeness (QED) is 0.516. The molecule has 4 nitrogen and oxygen atoms in total. The Balaban J connectivity index is 2.41. The van der Waals surface area contributed by atoms with Crippen molar-refractivity contribution in [3.05, 3.63) is 0 Å². The second-order valence-electron chi connectivity index (χ2n) is 3.86. The van der Waals surface area contributed by atoms with Crippen molar-refractivity contribution in [3.63, 3.8) is 0 Å². The summed E-state index contributed by atoms with van der Waals surface area (Å²) in [6.45, 7) is 2.23. The van der Waals surface area contributed by atoms with E-state index < -0.39 is 6.03 Å². The van der Waals surface area contributed by atoms with E-state index >= 15 is 0 Å². The molecule has 1 aliphatic carbocycles. The number of carbonyl (C=O) groups is 1. The third kappa shape index (κ3) is 3.77. The predicted octanol–water partition coefficient (Wildman–Crippen LogP) is 2.00. The number of urea groups is 1. The number of amides is 2. The zero-order valence-corrected chi connectivity index (χ0v) is 8.75. The molecule has 0 bridgehead atoms. The molecular weight excluding hydrogens is 178 g/mol. The molecule has 1 atom stereocenters. The van der Waals surface area contributed by atoms with Gasteiger partial charge in [0.2, 0.25) is 0 Å². The fourth-order valence-electron chi connectivity index (χ4n) is 1.89. The molecule has 1 aliphatic rings. The lowest BCUT2D eigenvalue weighted by atomic mass is 9.98. The Morgan fingerprint density at radius 3 is 3.00 bits per heavy atom. The Bertz CT molecular complexity index is 225. The molecule has 3 N–H and O–H groups in total. The SMILES string of the molecule is CCC1CCCC(=NNC(N)=O)CC1. The number of hydrazone groups is 1. The van der Waals surface area contributed by atoms with Gasteiger partial charge in [0.15, 0.2) is 0 Å². The van der Waals surface area contributed by atoms with Crippen LogP contribution in [0.3, 0.4) is 0 Å². The van der Waals surface area contributed by atoms with Crippen LogP contribution in [0.15, 0.2) is 5.10 Å². The van der Waals surface area contributed by atoms with Gasteiger partial charge in [-0.05, 0) is 31.6 Å². The summed E-state index contributed by atoms with van der Waals surface area (Å²) in [7, 11) is 0. The first-order valence-electron chi connectivity index (χ1n) is 5.33. The van der Waals surface area contributed by atoms with E-state index in [-0.39, 0.29) is 0 Å². The molecule has 0 aromatic rings. The Hall–Kier alpha value is -1.06. The number of nitrogens with one attached hydrogen (secondary N) is 1. The smallest absolute Gasteiger partial charge is 0.332 e. The normalized spacial score (nSPS) is 25.8. The van der Waals surface area contributed by atoms with Crippen LogP contribution < -0.4 is 11.2 Å². The van der Waals surface area contributed by atoms with Gasteiger partial charge >= 0.3 is 6.03 Å². The van der Waals surface area contributed by atoms with Crippen molar-refractivity contribution >= 4 is 11.7 Å². The number of primary amides is 1. The first kappa shape index (κ1) is 11.0. The summed E-state index contributed by atoms with van der Waals surface area (Å²) in [5.74, 6) is 0.830. The van der Waals surface area contributed by atoms with E-state index in [0.717, 1.165) is 24.5 Å². The first-order valence-corrected chi connectivity index (χ1v) is 5.33. The van der Waals surface area contributed by atoms with E-state index in [1.807, 2.05) is 0 Å². The topological polar surface area (TPSA) is 67.5 Å². The largest absolute Gasteiger partial charge is 0.350 e. The van der Waals surface area contributed by atoms with Crippen LogP contribution in [0, 0.1) is 5.92 Å². The molecule has 0 spiro atoms. The molecule has 0 radical (unpaired) electrons. The van der Waals surface area contributed by atoms with Crippen LogP contribution in [0.2, 0.25) is 0 Å². The van der Waals surface area contributed by atoms with Gasteiger partial charge in [-0.25, -0.2) is 10.2 Å². The summed E-state index contributed by atoms with van der Waals surface area (Å²) in [5.41, 5.74) is 8.33. The van der Waals surface area contributed by atoms with Crippen LogP contribution in [-0.2, 0) is 0 Å². The minimum absolute atomic E-state index is 0.575. The average molecular weight is 197 g/mol. The summed E-state index contributed by atoms with van der Waals surface area (Å²) in [5, 5.41) is 4.00. The highest BCUT2D eigenvalue weighted by atomic mass is 16.2. The number of hydrogen-bond acceptors (Lipinski definition) is 2. The maximum atomic E-state index is 10.5. The van der Waals surface area contributed by atoms with Crippen molar-refractivity contribution in [3.8, 4) is 0 Å². The van der Waals surface area contributed by atoms with E-state index in [2.05, 4.69) is 17.5 Å². The number of rotatable bonds is 2. The van der Waals surface area contributed by atoms with E-state index in [1.165, 1.54) is 25.7 Å². The number of nitrogens with zero attached hydrogens (tertiary/aromatic N) is 1. The van der Waals surface area contributed by atoms with E-state index in [9.17, 15) is 4.79 Å². The van der Waals surface area contributed by atoms with Crippen molar-refractivity contribution < 1.29 is 4.79 Å². The molecular formula is C10H19N3O. The molecule has 0 aromatic carbocycles. The fourth-order valence-corrected chi connectivity index (χ4v) is 1.89. The molecule has 0 saturated heterocycles. The standard InChI is InChI=1S/C10H19N3O/c1-2-8-4-3-5-9(7-6-8)12-13-10(11)14/h8H,2-7H2,1H3,(H3,11,13,14). The van der Waals surface area contributed by atoms with Crippen LogP contribution in [0.5, 0.6) is 0 Å². The lowest BCUT2D eigenvalue weighted by Gasteiger charge is -2.08. The molecule has 1 unspecified atom stereocenters. The summed E-state index contributed by atoms with van der Waals surface area (Å²) in [4.78, 5) is 10.5. The van der Waals surface area contributed by atoms with Crippen LogP contribution >= 0.6 is 0 Å². The number of carbonyl (C=O) groups excluding carboxylic acids is 1. The minimum Gasteiger partial charge on any atom is -0.350 e. The van der Waals surface area contributed by atoms with Gasteiger partial charge in [0.25, 0.3) is 0 Å². The van der Waals surface area contributed by atoms with Crippen LogP contribution in [-0.4, -0.2) is 11.7 Å². The van der Waals surface area contributed by atoms with Gasteiger partial charge in [-0.3, -0.25) is 0 Å². The van der Waals surface area contributed by atoms with Crippen LogP contribution in [0.1, 0.15) is 45.4 Å². The van der Waals surface area contributed by atoms with Gasteiger partial charge in [-0.1, -0.05) is 19.8 Å². The lowest BCUT2D eigenvalue weighted by Crippen LogP contribution is -2.25. The highest BCUT2D eigenvalue weighted by Gasteiger charge is 2.13. The zero-order valence-electron chi connectivity index (χ0n) is 8.75. The van der Waals surface area contributed by atoms with Gasteiger partial charge in [0, 0.05) is 5.71 Å². The highest BCUT2D eigenvalue weighted by molar-refractivity contribution is 5.86. The van der Waals surface area contributed by atoms with Crippen molar-refractivity contribution in [1.29, 1.82) is 0 Å². The second kappa shape index (κ2) is 5.62. The summed E-state index contributed by atoms with van der Waals surface area (Å²) in [6.07, 6.45) is 6.89. The Labute approximate surface area is 84.9 Å². The third-order valence-electron chi connectivity index (χ3n) is 2.82.